The number of allylic oxidation sites excluding steroid dienone is 1. The fourth-order valence-corrected chi connectivity index (χ4v) is 3.13. The van der Waals surface area contributed by atoms with Crippen LogP contribution >= 0.6 is 11.8 Å². The van der Waals surface area contributed by atoms with Crippen LogP contribution in [0.4, 0.5) is 5.95 Å². The number of nitrogens with zero attached hydrogens (tertiary/aromatic N) is 3. The van der Waals surface area contributed by atoms with Crippen LogP contribution in [0.5, 0.6) is 5.75 Å². The lowest BCUT2D eigenvalue weighted by Gasteiger charge is -2.28. The Morgan fingerprint density at radius 3 is 2.68 bits per heavy atom. The molecule has 25 heavy (non-hydrogen) atoms. The van der Waals surface area contributed by atoms with Gasteiger partial charge >= 0.3 is 5.97 Å². The molecule has 0 spiro atoms. The van der Waals surface area contributed by atoms with Crippen LogP contribution in [0.1, 0.15) is 25.5 Å². The lowest BCUT2D eigenvalue weighted by atomic mass is 9.96. The molecule has 2 aromatic rings. The predicted molar refractivity (Wildman–Crippen MR) is 95.9 cm³/mol. The first-order valence-corrected chi connectivity index (χ1v) is 9.10. The molecule has 1 aliphatic heterocycles. The Bertz CT molecular complexity index is 814. The molecule has 0 amide bonds. The molecule has 0 aliphatic carbocycles. The van der Waals surface area contributed by atoms with E-state index in [4.69, 9.17) is 9.47 Å². The summed E-state index contributed by atoms with van der Waals surface area (Å²) in [4.78, 5) is 17.1. The first kappa shape index (κ1) is 17.3. The van der Waals surface area contributed by atoms with E-state index in [2.05, 4.69) is 15.4 Å². The van der Waals surface area contributed by atoms with Crippen molar-refractivity contribution >= 4 is 23.7 Å². The van der Waals surface area contributed by atoms with Gasteiger partial charge in [-0.15, -0.1) is 5.10 Å². The van der Waals surface area contributed by atoms with Crippen LogP contribution in [0.3, 0.4) is 0 Å². The topological polar surface area (TPSA) is 78.3 Å². The quantitative estimate of drug-likeness (QED) is 0.649. The van der Waals surface area contributed by atoms with Gasteiger partial charge in [0.2, 0.25) is 11.1 Å². The number of carbonyl (C=O) groups excluding carboxylic acids is 1. The number of aromatic nitrogens is 3. The Balaban J connectivity index is 2.13. The molecule has 1 aromatic heterocycles. The van der Waals surface area contributed by atoms with E-state index in [0.29, 0.717) is 29.0 Å². The molecule has 0 radical (unpaired) electrons. The van der Waals surface area contributed by atoms with Gasteiger partial charge in [-0.2, -0.15) is 4.98 Å². The first-order valence-electron chi connectivity index (χ1n) is 7.88. The van der Waals surface area contributed by atoms with Crippen molar-refractivity contribution in [1.82, 2.24) is 14.8 Å². The Hall–Kier alpha value is -2.48. The summed E-state index contributed by atoms with van der Waals surface area (Å²) in [6, 6.07) is 7.16. The Morgan fingerprint density at radius 1 is 1.36 bits per heavy atom. The highest BCUT2D eigenvalue weighted by atomic mass is 32.2. The van der Waals surface area contributed by atoms with Gasteiger partial charge in [0.1, 0.15) is 11.8 Å². The van der Waals surface area contributed by atoms with Crippen LogP contribution in [0.15, 0.2) is 40.7 Å². The molecule has 1 aromatic carbocycles. The van der Waals surface area contributed by atoms with Crippen LogP contribution < -0.4 is 10.1 Å². The van der Waals surface area contributed by atoms with Crippen molar-refractivity contribution in [2.75, 3.05) is 25.3 Å². The highest BCUT2D eigenvalue weighted by Gasteiger charge is 2.35. The van der Waals surface area contributed by atoms with E-state index >= 15 is 0 Å². The van der Waals surface area contributed by atoms with Crippen LogP contribution in [-0.4, -0.2) is 40.7 Å². The van der Waals surface area contributed by atoms with Crippen molar-refractivity contribution in [2.45, 2.75) is 25.0 Å². The SMILES string of the molecule is CCOC(=O)C1=C(C)Nc2nc(SC)nn2[C@@H]1c1ccc(OC)cc1. The number of carbonyl (C=O) groups is 1. The predicted octanol–water partition coefficient (Wildman–Crippen LogP) is 2.86. The average molecular weight is 360 g/mol. The van der Waals surface area contributed by atoms with Gasteiger partial charge in [-0.1, -0.05) is 23.9 Å². The number of ether oxygens (including phenoxy) is 2. The minimum atomic E-state index is -0.408. The largest absolute Gasteiger partial charge is 0.497 e. The van der Waals surface area contributed by atoms with Gasteiger partial charge < -0.3 is 14.8 Å². The molecule has 1 atom stereocenters. The molecule has 0 unspecified atom stereocenters. The third-order valence-corrected chi connectivity index (χ3v) is 4.48. The van der Waals surface area contributed by atoms with E-state index in [1.807, 2.05) is 37.4 Å². The number of benzene rings is 1. The monoisotopic (exact) mass is 360 g/mol. The zero-order valence-electron chi connectivity index (χ0n) is 14.6. The van der Waals surface area contributed by atoms with Crippen molar-refractivity contribution in [3.8, 4) is 5.75 Å². The lowest BCUT2D eigenvalue weighted by Crippen LogP contribution is -2.29. The normalized spacial score (nSPS) is 16.2. The molecule has 0 saturated heterocycles. The summed E-state index contributed by atoms with van der Waals surface area (Å²) >= 11 is 1.45. The number of nitrogens with one attached hydrogen (secondary N) is 1. The van der Waals surface area contributed by atoms with Gasteiger partial charge in [0.05, 0.1) is 19.3 Å². The summed E-state index contributed by atoms with van der Waals surface area (Å²) in [7, 11) is 1.62. The second-order valence-electron chi connectivity index (χ2n) is 5.43. The van der Waals surface area contributed by atoms with Crippen molar-refractivity contribution in [1.29, 1.82) is 0 Å². The molecule has 1 N–H and O–H groups in total. The third kappa shape index (κ3) is 3.21. The number of thioether (sulfide) groups is 1. The molecule has 2 heterocycles. The Labute approximate surface area is 150 Å². The number of rotatable bonds is 5. The van der Waals surface area contributed by atoms with E-state index in [-0.39, 0.29) is 5.97 Å². The molecular formula is C17H20N4O3S. The number of hydrogen-bond donors (Lipinski definition) is 1. The van der Waals surface area contributed by atoms with Gasteiger partial charge in [-0.3, -0.25) is 0 Å². The third-order valence-electron chi connectivity index (χ3n) is 3.94. The molecule has 0 saturated carbocycles. The molecule has 3 rings (SSSR count). The Morgan fingerprint density at radius 2 is 2.08 bits per heavy atom. The smallest absolute Gasteiger partial charge is 0.338 e. The number of methoxy groups -OCH3 is 1. The van der Waals surface area contributed by atoms with Gasteiger partial charge in [0.25, 0.3) is 0 Å². The minimum Gasteiger partial charge on any atom is -0.497 e. The maximum absolute atomic E-state index is 12.6. The average Bonchev–Trinajstić information content (AvgIpc) is 3.03. The van der Waals surface area contributed by atoms with E-state index < -0.39 is 6.04 Å². The summed E-state index contributed by atoms with van der Waals surface area (Å²) in [5.41, 5.74) is 2.15. The minimum absolute atomic E-state index is 0.311. The van der Waals surface area contributed by atoms with Gasteiger partial charge in [0.15, 0.2) is 0 Å². The molecule has 0 bridgehead atoms. The van der Waals surface area contributed by atoms with Crippen LogP contribution in [-0.2, 0) is 9.53 Å². The number of esters is 1. The number of fused-ring (bicyclic) bond motifs is 1. The van der Waals surface area contributed by atoms with Crippen LogP contribution in [0.25, 0.3) is 0 Å². The molecule has 7 nitrogen and oxygen atoms in total. The van der Waals surface area contributed by atoms with Crippen molar-refractivity contribution in [2.24, 2.45) is 0 Å². The standard InChI is InChI=1S/C17H20N4O3S/c1-5-24-15(22)13-10(2)18-16-19-17(25-4)20-21(16)14(13)11-6-8-12(23-3)9-7-11/h6-9,14H,5H2,1-4H3,(H,18,19,20)/t14-/m1/s1. The number of anilines is 1. The highest BCUT2D eigenvalue weighted by Crippen LogP contribution is 2.36. The first-order chi connectivity index (χ1) is 12.1. The second-order valence-corrected chi connectivity index (χ2v) is 6.20. The summed E-state index contributed by atoms with van der Waals surface area (Å²) < 4.78 is 12.2. The lowest BCUT2D eigenvalue weighted by molar-refractivity contribution is -0.139. The van der Waals surface area contributed by atoms with E-state index in [9.17, 15) is 4.79 Å². The zero-order chi connectivity index (χ0) is 18.0. The summed E-state index contributed by atoms with van der Waals surface area (Å²) in [5, 5.41) is 8.32. The molecule has 132 valence electrons. The van der Waals surface area contributed by atoms with E-state index in [1.54, 1.807) is 18.7 Å². The second kappa shape index (κ2) is 7.18. The van der Waals surface area contributed by atoms with Crippen molar-refractivity contribution in [3.63, 3.8) is 0 Å². The summed E-state index contributed by atoms with van der Waals surface area (Å²) in [5.74, 6) is 0.996. The van der Waals surface area contributed by atoms with Crippen molar-refractivity contribution in [3.05, 3.63) is 41.1 Å². The molecule has 8 heteroatoms. The van der Waals surface area contributed by atoms with Gasteiger partial charge in [-0.05, 0) is 37.8 Å². The molecular weight excluding hydrogens is 340 g/mol. The Kier molecular flexibility index (Phi) is 4.98. The number of hydrogen-bond acceptors (Lipinski definition) is 7. The van der Waals surface area contributed by atoms with Gasteiger partial charge in [-0.25, -0.2) is 9.48 Å². The van der Waals surface area contributed by atoms with E-state index in [1.165, 1.54) is 11.8 Å². The van der Waals surface area contributed by atoms with Crippen molar-refractivity contribution < 1.29 is 14.3 Å². The fraction of sp³-hybridized carbons (Fsp3) is 0.353. The summed E-state index contributed by atoms with van der Waals surface area (Å²) in [6.45, 7) is 3.95. The highest BCUT2D eigenvalue weighted by molar-refractivity contribution is 7.98. The van der Waals surface area contributed by atoms with Gasteiger partial charge in [0, 0.05) is 5.70 Å². The zero-order valence-corrected chi connectivity index (χ0v) is 15.4. The maximum atomic E-state index is 12.6. The van der Waals surface area contributed by atoms with E-state index in [0.717, 1.165) is 11.3 Å². The van der Waals surface area contributed by atoms with Crippen LogP contribution in [0.2, 0.25) is 0 Å². The van der Waals surface area contributed by atoms with Crippen LogP contribution in [0, 0.1) is 0 Å². The molecule has 1 aliphatic rings. The summed E-state index contributed by atoms with van der Waals surface area (Å²) in [6.07, 6.45) is 1.91. The maximum Gasteiger partial charge on any atom is 0.338 e. The molecule has 0 fully saturated rings. The fourth-order valence-electron chi connectivity index (χ4n) is 2.79.